The van der Waals surface area contributed by atoms with Crippen LogP contribution in [-0.2, 0) is 6.54 Å². The maximum atomic E-state index is 5.82. The number of guanidine groups is 1. The fourth-order valence-electron chi connectivity index (χ4n) is 1.69. The zero-order valence-electron chi connectivity index (χ0n) is 11.3. The molecule has 0 bridgehead atoms. The fourth-order valence-corrected chi connectivity index (χ4v) is 1.69. The van der Waals surface area contributed by atoms with E-state index in [1.54, 1.807) is 0 Å². The molecule has 1 heterocycles. The van der Waals surface area contributed by atoms with E-state index >= 15 is 0 Å². The average molecular weight is 257 g/mol. The number of nitrogens with two attached hydrogens (primary N) is 1. The first kappa shape index (κ1) is 13.1. The van der Waals surface area contributed by atoms with Crippen molar-refractivity contribution < 1.29 is 0 Å². The number of aliphatic imine (C=N–C) groups is 1. The first-order chi connectivity index (χ1) is 9.13. The molecule has 19 heavy (non-hydrogen) atoms. The number of benzene rings is 1. The lowest BCUT2D eigenvalue weighted by Crippen LogP contribution is -2.23. The second-order valence-corrected chi connectivity index (χ2v) is 4.54. The highest BCUT2D eigenvalue weighted by Crippen LogP contribution is 2.07. The van der Waals surface area contributed by atoms with E-state index < -0.39 is 0 Å². The van der Waals surface area contributed by atoms with Gasteiger partial charge < -0.3 is 11.1 Å². The zero-order valence-corrected chi connectivity index (χ0v) is 11.3. The van der Waals surface area contributed by atoms with E-state index in [0.29, 0.717) is 12.5 Å². The predicted octanol–water partition coefficient (Wildman–Crippen LogP) is 1.93. The highest BCUT2D eigenvalue weighted by Gasteiger charge is 1.96. The van der Waals surface area contributed by atoms with Crippen LogP contribution >= 0.6 is 0 Å². The minimum atomic E-state index is 0.424. The quantitative estimate of drug-likeness (QED) is 0.649. The van der Waals surface area contributed by atoms with Gasteiger partial charge in [-0.2, -0.15) is 5.10 Å². The number of anilines is 1. The minimum absolute atomic E-state index is 0.424. The Labute approximate surface area is 113 Å². The van der Waals surface area contributed by atoms with Gasteiger partial charge in [0.2, 0.25) is 0 Å². The molecule has 5 nitrogen and oxygen atoms in total. The molecule has 0 aliphatic carbocycles. The fraction of sp³-hybridized carbons (Fsp3) is 0.286. The Morgan fingerprint density at radius 2 is 2.00 bits per heavy atom. The molecule has 1 aromatic carbocycles. The van der Waals surface area contributed by atoms with Crippen molar-refractivity contribution in [2.75, 3.05) is 11.9 Å². The lowest BCUT2D eigenvalue weighted by molar-refractivity contribution is 0.625. The van der Waals surface area contributed by atoms with E-state index in [4.69, 9.17) is 5.73 Å². The van der Waals surface area contributed by atoms with Crippen molar-refractivity contribution in [2.24, 2.45) is 10.7 Å². The van der Waals surface area contributed by atoms with E-state index in [9.17, 15) is 0 Å². The molecule has 0 aliphatic heterocycles. The summed E-state index contributed by atoms with van der Waals surface area (Å²) in [5.74, 6) is 0.424. The topological polar surface area (TPSA) is 68.2 Å². The largest absolute Gasteiger partial charge is 0.370 e. The van der Waals surface area contributed by atoms with Gasteiger partial charge in [0.15, 0.2) is 5.96 Å². The van der Waals surface area contributed by atoms with Crippen LogP contribution in [0.3, 0.4) is 0 Å². The highest BCUT2D eigenvalue weighted by molar-refractivity contribution is 5.92. The molecule has 0 amide bonds. The number of hydrogen-bond donors (Lipinski definition) is 2. The normalized spacial score (nSPS) is 11.6. The molecule has 0 spiro atoms. The summed E-state index contributed by atoms with van der Waals surface area (Å²) < 4.78 is 1.86. The molecular formula is C14H19N5. The van der Waals surface area contributed by atoms with Gasteiger partial charge in [-0.3, -0.25) is 9.67 Å². The smallest absolute Gasteiger partial charge is 0.193 e. The van der Waals surface area contributed by atoms with Gasteiger partial charge in [-0.05, 0) is 31.5 Å². The van der Waals surface area contributed by atoms with E-state index in [2.05, 4.69) is 15.4 Å². The Morgan fingerprint density at radius 1 is 1.26 bits per heavy atom. The van der Waals surface area contributed by atoms with E-state index in [0.717, 1.165) is 17.8 Å². The van der Waals surface area contributed by atoms with Gasteiger partial charge in [0.1, 0.15) is 0 Å². The van der Waals surface area contributed by atoms with Crippen molar-refractivity contribution in [1.82, 2.24) is 9.78 Å². The highest BCUT2D eigenvalue weighted by atomic mass is 15.3. The molecule has 100 valence electrons. The van der Waals surface area contributed by atoms with Crippen LogP contribution in [0.4, 0.5) is 5.69 Å². The molecule has 0 saturated carbocycles. The molecule has 2 rings (SSSR count). The maximum absolute atomic E-state index is 5.82. The summed E-state index contributed by atoms with van der Waals surface area (Å²) in [5, 5.41) is 7.25. The summed E-state index contributed by atoms with van der Waals surface area (Å²) in [7, 11) is 0. The molecule has 1 aromatic heterocycles. The summed E-state index contributed by atoms with van der Waals surface area (Å²) in [6, 6.07) is 8.02. The second kappa shape index (κ2) is 6.04. The third-order valence-corrected chi connectivity index (χ3v) is 2.70. The number of nitrogens with one attached hydrogen (secondary N) is 1. The van der Waals surface area contributed by atoms with Crippen LogP contribution in [0.2, 0.25) is 0 Å². The average Bonchev–Trinajstić information content (AvgIpc) is 2.78. The SMILES string of the molecule is Cc1ccc(NC(N)=NCCn2cc(C)cn2)cc1. The van der Waals surface area contributed by atoms with Crippen molar-refractivity contribution in [2.45, 2.75) is 20.4 Å². The second-order valence-electron chi connectivity index (χ2n) is 4.54. The number of hydrogen-bond acceptors (Lipinski definition) is 2. The first-order valence-corrected chi connectivity index (χ1v) is 6.26. The van der Waals surface area contributed by atoms with Gasteiger partial charge in [-0.1, -0.05) is 17.7 Å². The van der Waals surface area contributed by atoms with Crippen molar-refractivity contribution in [1.29, 1.82) is 0 Å². The van der Waals surface area contributed by atoms with Gasteiger partial charge in [0.25, 0.3) is 0 Å². The molecule has 0 unspecified atom stereocenters. The van der Waals surface area contributed by atoms with Crippen molar-refractivity contribution in [3.8, 4) is 0 Å². The summed E-state index contributed by atoms with van der Waals surface area (Å²) >= 11 is 0. The van der Waals surface area contributed by atoms with Crippen molar-refractivity contribution in [3.05, 3.63) is 47.8 Å². The lowest BCUT2D eigenvalue weighted by Gasteiger charge is -2.06. The van der Waals surface area contributed by atoms with Crippen LogP contribution in [0.15, 0.2) is 41.7 Å². The summed E-state index contributed by atoms with van der Waals surface area (Å²) in [5.41, 5.74) is 9.13. The lowest BCUT2D eigenvalue weighted by atomic mass is 10.2. The van der Waals surface area contributed by atoms with Gasteiger partial charge in [-0.15, -0.1) is 0 Å². The number of aryl methyl sites for hydroxylation is 2. The molecule has 0 atom stereocenters. The number of nitrogens with zero attached hydrogens (tertiary/aromatic N) is 3. The van der Waals surface area contributed by atoms with Gasteiger partial charge in [0.05, 0.1) is 19.3 Å². The Bertz CT molecular complexity index is 553. The van der Waals surface area contributed by atoms with E-state index in [1.807, 2.05) is 55.2 Å². The van der Waals surface area contributed by atoms with Crippen LogP contribution in [0.5, 0.6) is 0 Å². The number of rotatable bonds is 4. The van der Waals surface area contributed by atoms with Crippen molar-refractivity contribution >= 4 is 11.6 Å². The molecule has 0 fully saturated rings. The predicted molar refractivity (Wildman–Crippen MR) is 78.3 cm³/mol. The third-order valence-electron chi connectivity index (χ3n) is 2.70. The summed E-state index contributed by atoms with van der Waals surface area (Å²) in [6.45, 7) is 5.39. The molecule has 0 saturated heterocycles. The molecule has 5 heteroatoms. The Morgan fingerprint density at radius 3 is 2.63 bits per heavy atom. The van der Waals surface area contributed by atoms with E-state index in [1.165, 1.54) is 5.56 Å². The molecule has 0 aliphatic rings. The Kier molecular flexibility index (Phi) is 4.18. The van der Waals surface area contributed by atoms with Gasteiger partial charge >= 0.3 is 0 Å². The molecule has 2 aromatic rings. The van der Waals surface area contributed by atoms with Crippen LogP contribution in [0, 0.1) is 13.8 Å². The Hall–Kier alpha value is -2.30. The maximum Gasteiger partial charge on any atom is 0.193 e. The standard InChI is InChI=1S/C14H19N5/c1-11-3-5-13(6-4-11)18-14(15)16-7-8-19-10-12(2)9-17-19/h3-6,9-10H,7-8H2,1-2H3,(H3,15,16,18). The number of aromatic nitrogens is 2. The zero-order chi connectivity index (χ0) is 13.7. The van der Waals surface area contributed by atoms with E-state index in [-0.39, 0.29) is 0 Å². The van der Waals surface area contributed by atoms with Crippen LogP contribution < -0.4 is 11.1 Å². The van der Waals surface area contributed by atoms with Gasteiger partial charge in [-0.25, -0.2) is 0 Å². The van der Waals surface area contributed by atoms with Crippen LogP contribution in [-0.4, -0.2) is 22.3 Å². The summed E-state index contributed by atoms with van der Waals surface area (Å²) in [6.07, 6.45) is 3.82. The molecule has 0 radical (unpaired) electrons. The Balaban J connectivity index is 1.84. The first-order valence-electron chi connectivity index (χ1n) is 6.26. The minimum Gasteiger partial charge on any atom is -0.370 e. The summed E-state index contributed by atoms with van der Waals surface area (Å²) in [4.78, 5) is 4.27. The van der Waals surface area contributed by atoms with Gasteiger partial charge in [0, 0.05) is 11.9 Å². The van der Waals surface area contributed by atoms with Crippen LogP contribution in [0.25, 0.3) is 0 Å². The monoisotopic (exact) mass is 257 g/mol. The van der Waals surface area contributed by atoms with Crippen LogP contribution in [0.1, 0.15) is 11.1 Å². The molecular weight excluding hydrogens is 238 g/mol. The molecule has 3 N–H and O–H groups in total. The third kappa shape index (κ3) is 4.13. The van der Waals surface area contributed by atoms with Crippen molar-refractivity contribution in [3.63, 3.8) is 0 Å².